The lowest BCUT2D eigenvalue weighted by atomic mass is 9.98. The average molecular weight is 142 g/mol. The van der Waals surface area contributed by atoms with Gasteiger partial charge in [0.25, 0.3) is 0 Å². The van der Waals surface area contributed by atoms with E-state index >= 15 is 0 Å². The van der Waals surface area contributed by atoms with E-state index in [4.69, 9.17) is 5.11 Å². The Hall–Kier alpha value is -0.0800. The van der Waals surface area contributed by atoms with Gasteiger partial charge in [0.2, 0.25) is 0 Å². The first-order valence-electron chi connectivity index (χ1n) is 3.99. The Morgan fingerprint density at radius 3 is 2.40 bits per heavy atom. The smallest absolute Gasteiger partial charge is 0.0460 e. The van der Waals surface area contributed by atoms with Crippen LogP contribution in [0.2, 0.25) is 0 Å². The molecule has 10 heavy (non-hydrogen) atoms. The fourth-order valence-electron chi connectivity index (χ4n) is 1.39. The highest BCUT2D eigenvalue weighted by Crippen LogP contribution is 2.15. The maximum Gasteiger partial charge on any atom is 0.0460 e. The molecule has 1 N–H and O–H groups in total. The molecule has 0 unspecified atom stereocenters. The Bertz CT molecular complexity index is 75.3. The molecule has 0 aromatic carbocycles. The topological polar surface area (TPSA) is 23.5 Å². The number of rotatable bonds is 2. The van der Waals surface area contributed by atoms with Crippen LogP contribution in [-0.4, -0.2) is 36.2 Å². The van der Waals surface area contributed by atoms with E-state index in [1.165, 1.54) is 0 Å². The number of aliphatic hydroxyl groups excluding tert-OH is 1. The molecule has 1 heterocycles. The molecule has 0 aliphatic carbocycles. The Morgan fingerprint density at radius 2 is 2.00 bits per heavy atom. The molecule has 0 spiro atoms. The summed E-state index contributed by atoms with van der Waals surface area (Å²) >= 11 is 0. The van der Waals surface area contributed by atoms with Crippen molar-refractivity contribution in [3.8, 4) is 0 Å². The van der Waals surface area contributed by atoms with Crippen LogP contribution in [-0.2, 0) is 0 Å². The van der Waals surface area contributed by atoms with Crippen LogP contribution in [0.4, 0.5) is 0 Å². The van der Waals surface area contributed by atoms with Gasteiger partial charge in [-0.15, -0.1) is 0 Å². The van der Waals surface area contributed by atoms with Crippen LogP contribution in [0, 0.1) is 12.8 Å². The molecule has 0 atom stereocenters. The van der Waals surface area contributed by atoms with Gasteiger partial charge in [-0.2, -0.15) is 0 Å². The van der Waals surface area contributed by atoms with E-state index in [2.05, 4.69) is 11.8 Å². The molecule has 2 nitrogen and oxygen atoms in total. The van der Waals surface area contributed by atoms with Crippen molar-refractivity contribution in [2.24, 2.45) is 5.92 Å². The first kappa shape index (κ1) is 8.02. The standard InChI is InChI=1S/C8H16NO/c1-2-9-5-3-8(7-10)4-6-9/h8,10H,1-7H2. The number of hydrogen-bond acceptors (Lipinski definition) is 2. The molecule has 0 aromatic rings. The van der Waals surface area contributed by atoms with Crippen molar-refractivity contribution >= 4 is 0 Å². The third-order valence-electron chi connectivity index (χ3n) is 2.28. The zero-order valence-corrected chi connectivity index (χ0v) is 6.42. The van der Waals surface area contributed by atoms with Crippen LogP contribution in [0.25, 0.3) is 0 Å². The summed E-state index contributed by atoms with van der Waals surface area (Å²) in [6.07, 6.45) is 2.29. The lowest BCUT2D eigenvalue weighted by molar-refractivity contribution is 0.139. The average Bonchev–Trinajstić information content (AvgIpc) is 2.05. The van der Waals surface area contributed by atoms with Crippen molar-refractivity contribution in [1.82, 2.24) is 4.90 Å². The molecule has 1 saturated heterocycles. The third kappa shape index (κ3) is 1.96. The summed E-state index contributed by atoms with van der Waals surface area (Å²) < 4.78 is 0. The van der Waals surface area contributed by atoms with Gasteiger partial charge >= 0.3 is 0 Å². The van der Waals surface area contributed by atoms with Crippen molar-refractivity contribution < 1.29 is 5.11 Å². The van der Waals surface area contributed by atoms with Crippen molar-refractivity contribution in [2.75, 3.05) is 26.2 Å². The molecule has 1 radical (unpaired) electrons. The number of likely N-dealkylation sites (tertiary alicyclic amines) is 1. The van der Waals surface area contributed by atoms with Crippen LogP contribution >= 0.6 is 0 Å². The maximum absolute atomic E-state index is 8.82. The molecule has 2 heteroatoms. The van der Waals surface area contributed by atoms with Gasteiger partial charge in [-0.05, 0) is 45.3 Å². The monoisotopic (exact) mass is 142 g/mol. The highest BCUT2D eigenvalue weighted by Gasteiger charge is 2.16. The number of nitrogens with zero attached hydrogens (tertiary/aromatic N) is 1. The second-order valence-electron chi connectivity index (χ2n) is 2.97. The number of aliphatic hydroxyl groups is 1. The predicted molar refractivity (Wildman–Crippen MR) is 41.6 cm³/mol. The highest BCUT2D eigenvalue weighted by molar-refractivity contribution is 4.71. The van der Waals surface area contributed by atoms with Crippen molar-refractivity contribution in [3.05, 3.63) is 6.92 Å². The first-order valence-corrected chi connectivity index (χ1v) is 3.99. The van der Waals surface area contributed by atoms with Gasteiger partial charge in [-0.1, -0.05) is 0 Å². The van der Waals surface area contributed by atoms with Gasteiger partial charge in [0.1, 0.15) is 0 Å². The van der Waals surface area contributed by atoms with E-state index < -0.39 is 0 Å². The molecule has 1 rings (SSSR count). The molecule has 0 saturated carbocycles. The Morgan fingerprint density at radius 1 is 1.40 bits per heavy atom. The van der Waals surface area contributed by atoms with E-state index in [1.807, 2.05) is 0 Å². The van der Waals surface area contributed by atoms with Crippen LogP contribution in [0.1, 0.15) is 12.8 Å². The van der Waals surface area contributed by atoms with Crippen LogP contribution in [0.5, 0.6) is 0 Å². The second kappa shape index (κ2) is 3.94. The van der Waals surface area contributed by atoms with Crippen LogP contribution in [0.3, 0.4) is 0 Å². The van der Waals surface area contributed by atoms with Crippen LogP contribution < -0.4 is 0 Å². The van der Waals surface area contributed by atoms with Gasteiger partial charge in [0.05, 0.1) is 0 Å². The normalized spacial score (nSPS) is 23.4. The molecule has 0 bridgehead atoms. The van der Waals surface area contributed by atoms with Crippen molar-refractivity contribution in [3.63, 3.8) is 0 Å². The molecule has 0 aromatic heterocycles. The van der Waals surface area contributed by atoms with Gasteiger partial charge in [-0.25, -0.2) is 0 Å². The summed E-state index contributed by atoms with van der Waals surface area (Å²) in [5, 5.41) is 8.82. The lowest BCUT2D eigenvalue weighted by Crippen LogP contribution is -2.34. The molecular formula is C8H16NO. The minimum Gasteiger partial charge on any atom is -0.396 e. The fourth-order valence-corrected chi connectivity index (χ4v) is 1.39. The summed E-state index contributed by atoms with van der Waals surface area (Å²) in [7, 11) is 0. The fraction of sp³-hybridized carbons (Fsp3) is 0.875. The lowest BCUT2D eigenvalue weighted by Gasteiger charge is -2.29. The van der Waals surface area contributed by atoms with Gasteiger partial charge in [-0.3, -0.25) is 0 Å². The molecular weight excluding hydrogens is 126 g/mol. The minimum absolute atomic E-state index is 0.366. The molecule has 1 fully saturated rings. The Kier molecular flexibility index (Phi) is 3.16. The molecule has 1 aliphatic rings. The SMILES string of the molecule is [CH2]CN1CCC(CO)CC1. The predicted octanol–water partition coefficient (Wildman–Crippen LogP) is 0.525. The molecule has 0 amide bonds. The quantitative estimate of drug-likeness (QED) is 0.607. The van der Waals surface area contributed by atoms with E-state index in [-0.39, 0.29) is 0 Å². The summed E-state index contributed by atoms with van der Waals surface area (Å²) in [4.78, 5) is 2.33. The first-order chi connectivity index (χ1) is 4.86. The van der Waals surface area contributed by atoms with Gasteiger partial charge in [0, 0.05) is 6.61 Å². The maximum atomic E-state index is 8.82. The zero-order valence-electron chi connectivity index (χ0n) is 6.42. The summed E-state index contributed by atoms with van der Waals surface area (Å²) in [6, 6.07) is 0. The van der Waals surface area contributed by atoms with Gasteiger partial charge < -0.3 is 10.0 Å². The highest BCUT2D eigenvalue weighted by atomic mass is 16.3. The summed E-state index contributed by atoms with van der Waals surface area (Å²) in [5.41, 5.74) is 0. The Balaban J connectivity index is 2.17. The molecule has 59 valence electrons. The van der Waals surface area contributed by atoms with E-state index in [1.54, 1.807) is 0 Å². The largest absolute Gasteiger partial charge is 0.396 e. The van der Waals surface area contributed by atoms with E-state index in [9.17, 15) is 0 Å². The second-order valence-corrected chi connectivity index (χ2v) is 2.97. The third-order valence-corrected chi connectivity index (χ3v) is 2.28. The van der Waals surface area contributed by atoms with E-state index in [0.29, 0.717) is 12.5 Å². The number of hydrogen-bond donors (Lipinski definition) is 1. The molecule has 1 aliphatic heterocycles. The number of piperidine rings is 1. The minimum atomic E-state index is 0.366. The summed E-state index contributed by atoms with van der Waals surface area (Å²) in [6.45, 7) is 7.34. The Labute approximate surface area is 62.8 Å². The summed E-state index contributed by atoms with van der Waals surface area (Å²) in [5.74, 6) is 0.558. The van der Waals surface area contributed by atoms with Crippen molar-refractivity contribution in [1.29, 1.82) is 0 Å². The zero-order chi connectivity index (χ0) is 7.40. The van der Waals surface area contributed by atoms with Crippen molar-refractivity contribution in [2.45, 2.75) is 12.8 Å². The van der Waals surface area contributed by atoms with Gasteiger partial charge in [0.15, 0.2) is 0 Å². The van der Waals surface area contributed by atoms with E-state index in [0.717, 1.165) is 32.5 Å². The van der Waals surface area contributed by atoms with Crippen LogP contribution in [0.15, 0.2) is 0 Å².